The molecule has 0 saturated heterocycles. The van der Waals surface area contributed by atoms with Gasteiger partial charge >= 0.3 is 0 Å². The van der Waals surface area contributed by atoms with Crippen LogP contribution in [0.3, 0.4) is 0 Å². The number of hydrogen-bond donors (Lipinski definition) is 0. The van der Waals surface area contributed by atoms with Crippen LogP contribution in [0.5, 0.6) is 0 Å². The molecule has 0 aliphatic carbocycles. The molecule has 15 heavy (non-hydrogen) atoms. The smallest absolute Gasteiger partial charge is 0.203 e. The van der Waals surface area contributed by atoms with E-state index in [0.717, 1.165) is 5.56 Å². The van der Waals surface area contributed by atoms with Gasteiger partial charge in [0.25, 0.3) is 0 Å². The van der Waals surface area contributed by atoms with Gasteiger partial charge < -0.3 is 0 Å². The molecule has 2 aromatic rings. The van der Waals surface area contributed by atoms with E-state index in [2.05, 4.69) is 12.1 Å². The monoisotopic (exact) mass is 195 g/mol. The molecule has 0 aliphatic rings. The molecule has 73 valence electrons. The fourth-order valence-electron chi connectivity index (χ4n) is 1.53. The first kappa shape index (κ1) is 9.66. The predicted octanol–water partition coefficient (Wildman–Crippen LogP) is 3.01. The van der Waals surface area contributed by atoms with Crippen LogP contribution in [0, 0.1) is 0 Å². The minimum Gasteiger partial charge on any atom is -0.291 e. The van der Waals surface area contributed by atoms with Crippen LogP contribution < -0.4 is 0 Å². The molecule has 0 aromatic heterocycles. The molecule has 0 unspecified atom stereocenters. The number of carbonyl (C=O) groups excluding carboxylic acids is 1. The molecular formula is C14H11O. The molecule has 2 rings (SSSR count). The molecular weight excluding hydrogens is 184 g/mol. The lowest BCUT2D eigenvalue weighted by molar-refractivity contribution is 0.555. The summed E-state index contributed by atoms with van der Waals surface area (Å²) in [5.41, 5.74) is 3.37. The van der Waals surface area contributed by atoms with Crippen molar-refractivity contribution in [3.63, 3.8) is 0 Å². The summed E-state index contributed by atoms with van der Waals surface area (Å²) in [6.07, 6.45) is 2.26. The lowest BCUT2D eigenvalue weighted by Gasteiger charge is -2.01. The SMILES string of the molecule is O=[C]Cc1ccc(-c2ccccc2)cc1. The van der Waals surface area contributed by atoms with E-state index in [9.17, 15) is 4.79 Å². The second kappa shape index (κ2) is 4.56. The molecule has 2 aromatic carbocycles. The van der Waals surface area contributed by atoms with Gasteiger partial charge in [0.05, 0.1) is 0 Å². The van der Waals surface area contributed by atoms with E-state index in [1.54, 1.807) is 0 Å². The standard InChI is InChI=1S/C14H11O/c15-11-10-12-6-8-14(9-7-12)13-4-2-1-3-5-13/h1-9H,10H2. The Labute approximate surface area is 89.4 Å². The van der Waals surface area contributed by atoms with Gasteiger partial charge in [-0.2, -0.15) is 0 Å². The van der Waals surface area contributed by atoms with Gasteiger partial charge in [0.2, 0.25) is 6.29 Å². The number of hydrogen-bond acceptors (Lipinski definition) is 1. The van der Waals surface area contributed by atoms with E-state index in [1.807, 2.05) is 48.8 Å². The Balaban J connectivity index is 2.28. The third-order valence-corrected chi connectivity index (χ3v) is 2.34. The molecule has 0 N–H and O–H groups in total. The van der Waals surface area contributed by atoms with Crippen LogP contribution in [0.15, 0.2) is 54.6 Å². The zero-order valence-electron chi connectivity index (χ0n) is 8.31. The van der Waals surface area contributed by atoms with Gasteiger partial charge in [-0.15, -0.1) is 0 Å². The van der Waals surface area contributed by atoms with Crippen molar-refractivity contribution in [1.82, 2.24) is 0 Å². The van der Waals surface area contributed by atoms with Gasteiger partial charge in [0.1, 0.15) is 0 Å². The topological polar surface area (TPSA) is 17.1 Å². The van der Waals surface area contributed by atoms with Gasteiger partial charge in [-0.05, 0) is 16.7 Å². The lowest BCUT2D eigenvalue weighted by atomic mass is 10.0. The first-order chi connectivity index (χ1) is 7.40. The average Bonchev–Trinajstić information content (AvgIpc) is 2.32. The van der Waals surface area contributed by atoms with Crippen molar-refractivity contribution in [1.29, 1.82) is 0 Å². The van der Waals surface area contributed by atoms with Gasteiger partial charge in [0.15, 0.2) is 0 Å². The molecule has 0 saturated carbocycles. The summed E-state index contributed by atoms with van der Waals surface area (Å²) in [7, 11) is 0. The lowest BCUT2D eigenvalue weighted by Crippen LogP contribution is -1.85. The van der Waals surface area contributed by atoms with E-state index in [-0.39, 0.29) is 0 Å². The molecule has 0 heterocycles. The zero-order chi connectivity index (χ0) is 10.5. The average molecular weight is 195 g/mol. The third-order valence-electron chi connectivity index (χ3n) is 2.34. The van der Waals surface area contributed by atoms with Crippen molar-refractivity contribution >= 4 is 6.29 Å². The van der Waals surface area contributed by atoms with E-state index in [1.165, 1.54) is 11.1 Å². The highest BCUT2D eigenvalue weighted by atomic mass is 16.1. The Hall–Kier alpha value is -1.89. The number of benzene rings is 2. The first-order valence-corrected chi connectivity index (χ1v) is 4.89. The van der Waals surface area contributed by atoms with E-state index >= 15 is 0 Å². The highest BCUT2D eigenvalue weighted by Gasteiger charge is 1.96. The zero-order valence-corrected chi connectivity index (χ0v) is 8.31. The molecule has 0 fully saturated rings. The third kappa shape index (κ3) is 2.32. The van der Waals surface area contributed by atoms with Crippen molar-refractivity contribution in [3.8, 4) is 11.1 Å². The molecule has 0 atom stereocenters. The van der Waals surface area contributed by atoms with E-state index < -0.39 is 0 Å². The minimum atomic E-state index is 0.370. The molecule has 1 heteroatoms. The quantitative estimate of drug-likeness (QED) is 0.735. The van der Waals surface area contributed by atoms with Crippen LogP contribution in [0.25, 0.3) is 11.1 Å². The summed E-state index contributed by atoms with van der Waals surface area (Å²) in [6.45, 7) is 0. The van der Waals surface area contributed by atoms with Crippen LogP contribution in [-0.4, -0.2) is 6.29 Å². The van der Waals surface area contributed by atoms with Crippen LogP contribution >= 0.6 is 0 Å². The Morgan fingerprint density at radius 3 is 2.00 bits per heavy atom. The van der Waals surface area contributed by atoms with Crippen molar-refractivity contribution in [2.75, 3.05) is 0 Å². The summed E-state index contributed by atoms with van der Waals surface area (Å²) >= 11 is 0. The maximum absolute atomic E-state index is 10.2. The summed E-state index contributed by atoms with van der Waals surface area (Å²) in [4.78, 5) is 10.2. The molecule has 0 amide bonds. The molecule has 0 aliphatic heterocycles. The molecule has 0 spiro atoms. The normalized spacial score (nSPS) is 9.87. The molecule has 0 bridgehead atoms. The maximum Gasteiger partial charge on any atom is 0.203 e. The van der Waals surface area contributed by atoms with Gasteiger partial charge in [-0.3, -0.25) is 4.79 Å². The first-order valence-electron chi connectivity index (χ1n) is 4.89. The van der Waals surface area contributed by atoms with Gasteiger partial charge in [-0.1, -0.05) is 54.6 Å². The molecule has 1 radical (unpaired) electrons. The summed E-state index contributed by atoms with van der Waals surface area (Å²) in [6, 6.07) is 18.2. The van der Waals surface area contributed by atoms with Crippen LogP contribution in [-0.2, 0) is 11.2 Å². The van der Waals surface area contributed by atoms with E-state index in [4.69, 9.17) is 0 Å². The van der Waals surface area contributed by atoms with Crippen LogP contribution in [0.2, 0.25) is 0 Å². The van der Waals surface area contributed by atoms with Crippen molar-refractivity contribution in [2.24, 2.45) is 0 Å². The Morgan fingerprint density at radius 2 is 1.40 bits per heavy atom. The summed E-state index contributed by atoms with van der Waals surface area (Å²) in [5.74, 6) is 0. The Kier molecular flexibility index (Phi) is 2.93. The highest BCUT2D eigenvalue weighted by Crippen LogP contribution is 2.18. The van der Waals surface area contributed by atoms with Crippen molar-refractivity contribution < 1.29 is 4.79 Å². The Morgan fingerprint density at radius 1 is 0.800 bits per heavy atom. The molecule has 1 nitrogen and oxygen atoms in total. The predicted molar refractivity (Wildman–Crippen MR) is 61.3 cm³/mol. The number of rotatable bonds is 3. The largest absolute Gasteiger partial charge is 0.291 e. The van der Waals surface area contributed by atoms with Crippen molar-refractivity contribution in [2.45, 2.75) is 6.42 Å². The minimum absolute atomic E-state index is 0.370. The van der Waals surface area contributed by atoms with Gasteiger partial charge in [0, 0.05) is 6.42 Å². The van der Waals surface area contributed by atoms with Crippen LogP contribution in [0.4, 0.5) is 0 Å². The second-order valence-electron chi connectivity index (χ2n) is 3.38. The Bertz CT molecular complexity index is 429. The summed E-state index contributed by atoms with van der Waals surface area (Å²) < 4.78 is 0. The van der Waals surface area contributed by atoms with Crippen molar-refractivity contribution in [3.05, 3.63) is 60.2 Å². The second-order valence-corrected chi connectivity index (χ2v) is 3.38. The van der Waals surface area contributed by atoms with E-state index in [0.29, 0.717) is 6.42 Å². The fourth-order valence-corrected chi connectivity index (χ4v) is 1.53. The summed E-state index contributed by atoms with van der Waals surface area (Å²) in [5, 5.41) is 0. The highest BCUT2D eigenvalue weighted by molar-refractivity contribution is 5.64. The maximum atomic E-state index is 10.2. The van der Waals surface area contributed by atoms with Gasteiger partial charge in [-0.25, -0.2) is 0 Å². The van der Waals surface area contributed by atoms with Crippen LogP contribution in [0.1, 0.15) is 5.56 Å². The fraction of sp³-hybridized carbons (Fsp3) is 0.0714.